The van der Waals surface area contributed by atoms with E-state index >= 15 is 0 Å². The van der Waals surface area contributed by atoms with E-state index in [1.54, 1.807) is 20.3 Å². The number of pyridine rings is 1. The lowest BCUT2D eigenvalue weighted by Gasteiger charge is -2.29. The summed E-state index contributed by atoms with van der Waals surface area (Å²) < 4.78 is 17.3. The van der Waals surface area contributed by atoms with Crippen LogP contribution in [0.15, 0.2) is 48.7 Å². The molecule has 2 unspecified atom stereocenters. The molecule has 3 aromatic rings. The monoisotopic (exact) mass is 559 g/mol. The molecule has 1 aliphatic carbocycles. The van der Waals surface area contributed by atoms with Gasteiger partial charge < -0.3 is 24.6 Å². The standard InChI is InChI=1S/C34H45N3O4/c1-24(18-28-11-13-30(23-35-28)41-17-16-37-14-6-4-5-7-15-37)36-32-22-34(40-3)33(39-2)21-31(32)27-9-8-26-20-29(38)12-10-25(26)19-27/h10-13,20-24,27,36,38H,4-9,14-19H2,1-3H3. The Hall–Kier alpha value is -3.45. The summed E-state index contributed by atoms with van der Waals surface area (Å²) in [6, 6.07) is 14.2. The lowest BCUT2D eigenvalue weighted by atomic mass is 9.79. The highest BCUT2D eigenvalue weighted by atomic mass is 16.5. The Balaban J connectivity index is 1.22. The topological polar surface area (TPSA) is 76.1 Å². The van der Waals surface area contributed by atoms with Crippen LogP contribution in [0.1, 0.15) is 67.3 Å². The summed E-state index contributed by atoms with van der Waals surface area (Å²) in [5.74, 6) is 2.96. The molecule has 0 spiro atoms. The van der Waals surface area contributed by atoms with Crippen molar-refractivity contribution in [3.05, 3.63) is 71.0 Å². The van der Waals surface area contributed by atoms with E-state index in [4.69, 9.17) is 19.2 Å². The first-order valence-corrected chi connectivity index (χ1v) is 15.2. The van der Waals surface area contributed by atoms with E-state index in [-0.39, 0.29) is 6.04 Å². The van der Waals surface area contributed by atoms with Crippen LogP contribution in [-0.2, 0) is 19.3 Å². The van der Waals surface area contributed by atoms with Crippen molar-refractivity contribution >= 4 is 5.69 Å². The minimum Gasteiger partial charge on any atom is -0.508 e. The molecule has 1 aliphatic heterocycles. The fourth-order valence-corrected chi connectivity index (χ4v) is 6.26. The zero-order valence-electron chi connectivity index (χ0n) is 24.8. The van der Waals surface area contributed by atoms with Gasteiger partial charge in [-0.1, -0.05) is 18.9 Å². The maximum Gasteiger partial charge on any atom is 0.162 e. The second kappa shape index (κ2) is 13.9. The van der Waals surface area contributed by atoms with Crippen LogP contribution in [0.5, 0.6) is 23.0 Å². The summed E-state index contributed by atoms with van der Waals surface area (Å²) >= 11 is 0. The number of hydrogen-bond donors (Lipinski definition) is 2. The summed E-state index contributed by atoms with van der Waals surface area (Å²) in [5, 5.41) is 13.7. The lowest BCUT2D eigenvalue weighted by molar-refractivity contribution is 0.213. The maximum atomic E-state index is 9.92. The fraction of sp³-hybridized carbons (Fsp3) is 0.500. The Morgan fingerprint density at radius 1 is 0.976 bits per heavy atom. The van der Waals surface area contributed by atoms with E-state index in [2.05, 4.69) is 41.4 Å². The number of methoxy groups -OCH3 is 2. The predicted molar refractivity (Wildman–Crippen MR) is 164 cm³/mol. The first-order chi connectivity index (χ1) is 20.0. The van der Waals surface area contributed by atoms with Gasteiger partial charge in [0.25, 0.3) is 0 Å². The van der Waals surface area contributed by atoms with E-state index in [1.165, 1.54) is 55.5 Å². The molecule has 0 saturated carbocycles. The molecule has 2 N–H and O–H groups in total. The van der Waals surface area contributed by atoms with E-state index in [1.807, 2.05) is 18.3 Å². The van der Waals surface area contributed by atoms with Gasteiger partial charge in [0.1, 0.15) is 18.1 Å². The summed E-state index contributed by atoms with van der Waals surface area (Å²) in [6.45, 7) is 6.24. The van der Waals surface area contributed by atoms with Gasteiger partial charge in [0, 0.05) is 36.5 Å². The van der Waals surface area contributed by atoms with Crippen LogP contribution in [0.2, 0.25) is 0 Å². The van der Waals surface area contributed by atoms with Gasteiger partial charge in [-0.15, -0.1) is 0 Å². The van der Waals surface area contributed by atoms with Gasteiger partial charge in [0.15, 0.2) is 11.5 Å². The number of anilines is 1. The highest BCUT2D eigenvalue weighted by Gasteiger charge is 2.25. The lowest BCUT2D eigenvalue weighted by Crippen LogP contribution is -2.29. The van der Waals surface area contributed by atoms with Gasteiger partial charge in [-0.25, -0.2) is 0 Å². The highest BCUT2D eigenvalue weighted by Crippen LogP contribution is 2.42. The number of hydrogen-bond acceptors (Lipinski definition) is 7. The van der Waals surface area contributed by atoms with Crippen molar-refractivity contribution in [2.24, 2.45) is 0 Å². The van der Waals surface area contributed by atoms with Crippen molar-refractivity contribution in [3.8, 4) is 23.0 Å². The minimum atomic E-state index is 0.155. The van der Waals surface area contributed by atoms with Crippen LogP contribution in [0.3, 0.4) is 0 Å². The molecular weight excluding hydrogens is 514 g/mol. The van der Waals surface area contributed by atoms with E-state index in [9.17, 15) is 5.11 Å². The molecule has 0 radical (unpaired) electrons. The van der Waals surface area contributed by atoms with Crippen LogP contribution in [0, 0.1) is 0 Å². The van der Waals surface area contributed by atoms with Gasteiger partial charge in [0.2, 0.25) is 0 Å². The summed E-state index contributed by atoms with van der Waals surface area (Å²) in [4.78, 5) is 7.22. The van der Waals surface area contributed by atoms with Crippen molar-refractivity contribution in [1.29, 1.82) is 0 Å². The number of nitrogens with zero attached hydrogens (tertiary/aromatic N) is 2. The van der Waals surface area contributed by atoms with E-state index < -0.39 is 0 Å². The summed E-state index contributed by atoms with van der Waals surface area (Å²) in [7, 11) is 3.36. The van der Waals surface area contributed by atoms with Crippen molar-refractivity contribution in [1.82, 2.24) is 9.88 Å². The highest BCUT2D eigenvalue weighted by molar-refractivity contribution is 5.63. The normalized spacial score (nSPS) is 18.2. The molecule has 2 heterocycles. The third kappa shape index (κ3) is 7.64. The van der Waals surface area contributed by atoms with Gasteiger partial charge in [-0.05, 0) is 105 Å². The Kier molecular flexibility index (Phi) is 9.88. The number of aromatic nitrogens is 1. The van der Waals surface area contributed by atoms with Gasteiger partial charge in [-0.2, -0.15) is 0 Å². The quantitative estimate of drug-likeness (QED) is 0.283. The number of likely N-dealkylation sites (tertiary alicyclic amines) is 1. The number of aromatic hydroxyl groups is 1. The second-order valence-corrected chi connectivity index (χ2v) is 11.5. The number of aryl methyl sites for hydroxylation is 1. The van der Waals surface area contributed by atoms with Crippen molar-refractivity contribution in [2.45, 2.75) is 70.3 Å². The number of ether oxygens (including phenoxy) is 3. The average Bonchev–Trinajstić information content (AvgIpc) is 3.26. The Labute approximate surface area is 244 Å². The van der Waals surface area contributed by atoms with Crippen LogP contribution >= 0.6 is 0 Å². The third-order valence-corrected chi connectivity index (χ3v) is 8.50. The zero-order chi connectivity index (χ0) is 28.6. The van der Waals surface area contributed by atoms with Crippen LogP contribution in [0.25, 0.3) is 0 Å². The molecule has 2 atom stereocenters. The van der Waals surface area contributed by atoms with Gasteiger partial charge in [0.05, 0.1) is 20.4 Å². The first-order valence-electron chi connectivity index (χ1n) is 15.2. The molecule has 5 rings (SSSR count). The van der Waals surface area contributed by atoms with Gasteiger partial charge in [-0.3, -0.25) is 9.88 Å². The predicted octanol–water partition coefficient (Wildman–Crippen LogP) is 6.37. The fourth-order valence-electron chi connectivity index (χ4n) is 6.26. The summed E-state index contributed by atoms with van der Waals surface area (Å²) in [6.07, 6.45) is 10.8. The molecule has 7 nitrogen and oxygen atoms in total. The molecule has 0 amide bonds. The Morgan fingerprint density at radius 3 is 2.49 bits per heavy atom. The number of rotatable bonds is 11. The van der Waals surface area contributed by atoms with Crippen molar-refractivity contribution < 1.29 is 19.3 Å². The van der Waals surface area contributed by atoms with Crippen molar-refractivity contribution in [3.63, 3.8) is 0 Å². The Bertz CT molecular complexity index is 1270. The van der Waals surface area contributed by atoms with Crippen LogP contribution in [-0.4, -0.2) is 61.5 Å². The molecular formula is C34H45N3O4. The number of benzene rings is 2. The number of fused-ring (bicyclic) bond motifs is 1. The SMILES string of the molecule is COc1cc(NC(C)Cc2ccc(OCCN3CCCCCC3)cn2)c(C2CCc3cc(O)ccc3C2)cc1OC. The third-order valence-electron chi connectivity index (χ3n) is 8.50. The number of phenols is 1. The largest absolute Gasteiger partial charge is 0.508 e. The molecule has 1 aromatic heterocycles. The molecule has 2 aromatic carbocycles. The maximum absolute atomic E-state index is 9.92. The molecule has 0 bridgehead atoms. The minimum absolute atomic E-state index is 0.155. The molecule has 41 heavy (non-hydrogen) atoms. The van der Waals surface area contributed by atoms with E-state index in [0.29, 0.717) is 24.0 Å². The van der Waals surface area contributed by atoms with E-state index in [0.717, 1.165) is 55.1 Å². The van der Waals surface area contributed by atoms with Crippen LogP contribution < -0.4 is 19.5 Å². The smallest absolute Gasteiger partial charge is 0.162 e. The van der Waals surface area contributed by atoms with Gasteiger partial charge >= 0.3 is 0 Å². The average molecular weight is 560 g/mol. The molecule has 1 saturated heterocycles. The summed E-state index contributed by atoms with van der Waals surface area (Å²) in [5.41, 5.74) is 5.86. The molecule has 1 fully saturated rings. The van der Waals surface area contributed by atoms with Crippen molar-refractivity contribution in [2.75, 3.05) is 45.8 Å². The molecule has 220 valence electrons. The number of nitrogens with one attached hydrogen (secondary N) is 1. The van der Waals surface area contributed by atoms with Crippen LogP contribution in [0.4, 0.5) is 5.69 Å². The first kappa shape index (κ1) is 29.1. The second-order valence-electron chi connectivity index (χ2n) is 11.5. The zero-order valence-corrected chi connectivity index (χ0v) is 24.8. The molecule has 7 heteroatoms. The number of phenolic OH excluding ortho intramolecular Hbond substituents is 1. The Morgan fingerprint density at radius 2 is 1.76 bits per heavy atom. The molecule has 2 aliphatic rings.